The first kappa shape index (κ1) is 24.1. The van der Waals surface area contributed by atoms with Crippen LogP contribution in [-0.4, -0.2) is 21.7 Å². The summed E-state index contributed by atoms with van der Waals surface area (Å²) >= 11 is 0. The van der Waals surface area contributed by atoms with Gasteiger partial charge in [0.15, 0.2) is 0 Å². The zero-order chi connectivity index (χ0) is 25.9. The van der Waals surface area contributed by atoms with E-state index < -0.39 is 17.7 Å². The van der Waals surface area contributed by atoms with E-state index in [4.69, 9.17) is 9.15 Å². The van der Waals surface area contributed by atoms with Crippen molar-refractivity contribution in [3.8, 4) is 5.75 Å². The molecule has 0 bridgehead atoms. The normalized spacial score (nSPS) is 16.8. The third kappa shape index (κ3) is 4.91. The topological polar surface area (TPSA) is 80.0 Å². The predicted octanol–water partition coefficient (Wildman–Crippen LogP) is 6.10. The van der Waals surface area contributed by atoms with Gasteiger partial charge >= 0.3 is 0 Å². The van der Waals surface area contributed by atoms with Crippen LogP contribution in [0.15, 0.2) is 101 Å². The Morgan fingerprint density at radius 2 is 1.73 bits per heavy atom. The first-order valence-corrected chi connectivity index (χ1v) is 12.1. The van der Waals surface area contributed by atoms with Gasteiger partial charge in [-0.3, -0.25) is 9.59 Å². The molecule has 5 rings (SSSR count). The number of benzene rings is 3. The molecule has 2 heterocycles. The van der Waals surface area contributed by atoms with Crippen molar-refractivity contribution in [1.29, 1.82) is 0 Å². The van der Waals surface area contributed by atoms with Crippen LogP contribution in [0.1, 0.15) is 39.6 Å². The van der Waals surface area contributed by atoms with E-state index in [1.807, 2.05) is 80.6 Å². The highest BCUT2D eigenvalue weighted by atomic mass is 16.5. The number of amides is 1. The van der Waals surface area contributed by atoms with E-state index in [2.05, 4.69) is 0 Å². The molecule has 1 fully saturated rings. The quantitative estimate of drug-likeness (QED) is 0.191. The zero-order valence-corrected chi connectivity index (χ0v) is 20.7. The summed E-state index contributed by atoms with van der Waals surface area (Å²) in [5, 5.41) is 11.3. The van der Waals surface area contributed by atoms with Crippen LogP contribution in [0.2, 0.25) is 0 Å². The summed E-state index contributed by atoms with van der Waals surface area (Å²) in [7, 11) is 0. The lowest BCUT2D eigenvalue weighted by atomic mass is 9.94. The second-order valence-corrected chi connectivity index (χ2v) is 9.15. The van der Waals surface area contributed by atoms with E-state index in [-0.39, 0.29) is 17.9 Å². The van der Waals surface area contributed by atoms with Gasteiger partial charge in [-0.25, -0.2) is 0 Å². The third-order valence-corrected chi connectivity index (χ3v) is 6.65. The Balaban J connectivity index is 1.57. The molecular weight excluding hydrogens is 466 g/mol. The maximum atomic E-state index is 13.3. The van der Waals surface area contributed by atoms with E-state index in [0.717, 1.165) is 16.7 Å². The van der Waals surface area contributed by atoms with Crippen molar-refractivity contribution < 1.29 is 23.8 Å². The van der Waals surface area contributed by atoms with E-state index >= 15 is 0 Å². The summed E-state index contributed by atoms with van der Waals surface area (Å²) in [6.07, 6.45) is 1.52. The number of aryl methyl sites for hydroxylation is 2. The van der Waals surface area contributed by atoms with Gasteiger partial charge in [0, 0.05) is 5.56 Å². The number of Topliss-reactive ketones (excluding diaryl/α,β-unsaturated/α-hetero) is 1. The first-order chi connectivity index (χ1) is 17.9. The van der Waals surface area contributed by atoms with Gasteiger partial charge in [0.1, 0.15) is 23.9 Å². The average molecular weight is 494 g/mol. The Morgan fingerprint density at radius 1 is 0.919 bits per heavy atom. The number of carbonyl (C=O) groups is 2. The summed E-state index contributed by atoms with van der Waals surface area (Å²) in [5.74, 6) is -0.500. The predicted molar refractivity (Wildman–Crippen MR) is 140 cm³/mol. The Morgan fingerprint density at radius 3 is 2.46 bits per heavy atom. The number of rotatable bonds is 7. The monoisotopic (exact) mass is 493 g/mol. The molecule has 1 unspecified atom stereocenters. The number of hydrogen-bond donors (Lipinski definition) is 1. The van der Waals surface area contributed by atoms with Crippen molar-refractivity contribution in [2.75, 3.05) is 0 Å². The number of likely N-dealkylation sites (tertiary alicyclic amines) is 1. The standard InChI is InChI=1S/C31H27NO5/c1-20-13-14-24(16-21(20)2)29(33)27-28(32(31(35)30(27)34)18-26-12-7-15-36-26)23-10-6-11-25(17-23)37-19-22-8-4-3-5-9-22/h3-17,28,33H,18-19H2,1-2H3/b29-27-. The van der Waals surface area contributed by atoms with Crippen LogP contribution >= 0.6 is 0 Å². The largest absolute Gasteiger partial charge is 0.507 e. The SMILES string of the molecule is Cc1ccc(/C(O)=C2/C(=O)C(=O)N(Cc3ccco3)C2c2cccc(OCc3ccccc3)c2)cc1C. The minimum atomic E-state index is -0.813. The molecule has 1 saturated heterocycles. The molecule has 0 aliphatic carbocycles. The second-order valence-electron chi connectivity index (χ2n) is 9.15. The number of ketones is 1. The third-order valence-electron chi connectivity index (χ3n) is 6.65. The fraction of sp³-hybridized carbons (Fsp3) is 0.161. The van der Waals surface area contributed by atoms with E-state index in [9.17, 15) is 14.7 Å². The molecule has 1 N–H and O–H groups in total. The molecule has 1 amide bonds. The van der Waals surface area contributed by atoms with Crippen molar-refractivity contribution in [3.05, 3.63) is 130 Å². The second kappa shape index (κ2) is 10.2. The van der Waals surface area contributed by atoms with Gasteiger partial charge in [-0.05, 0) is 66.4 Å². The van der Waals surface area contributed by atoms with Crippen molar-refractivity contribution in [3.63, 3.8) is 0 Å². The van der Waals surface area contributed by atoms with Gasteiger partial charge < -0.3 is 19.2 Å². The number of nitrogens with zero attached hydrogens (tertiary/aromatic N) is 1. The molecule has 1 aromatic heterocycles. The summed E-state index contributed by atoms with van der Waals surface area (Å²) in [4.78, 5) is 28.0. The fourth-order valence-corrected chi connectivity index (χ4v) is 4.52. The van der Waals surface area contributed by atoms with Gasteiger partial charge in [-0.15, -0.1) is 0 Å². The molecule has 0 spiro atoms. The molecule has 6 heteroatoms. The summed E-state index contributed by atoms with van der Waals surface area (Å²) < 4.78 is 11.5. The summed E-state index contributed by atoms with van der Waals surface area (Å²) in [5.41, 5.74) is 4.24. The molecular formula is C31H27NO5. The first-order valence-electron chi connectivity index (χ1n) is 12.1. The molecule has 37 heavy (non-hydrogen) atoms. The Bertz CT molecular complexity index is 1470. The van der Waals surface area contributed by atoms with Crippen LogP contribution in [0.3, 0.4) is 0 Å². The van der Waals surface area contributed by atoms with Crippen LogP contribution in [-0.2, 0) is 22.7 Å². The molecule has 1 aliphatic heterocycles. The Kier molecular flexibility index (Phi) is 6.64. The fourth-order valence-electron chi connectivity index (χ4n) is 4.52. The summed E-state index contributed by atoms with van der Waals surface area (Å²) in [6, 6.07) is 25.2. The maximum Gasteiger partial charge on any atom is 0.296 e. The molecule has 1 atom stereocenters. The van der Waals surface area contributed by atoms with Crippen molar-refractivity contribution >= 4 is 17.4 Å². The van der Waals surface area contributed by atoms with E-state index in [0.29, 0.717) is 29.2 Å². The lowest BCUT2D eigenvalue weighted by molar-refractivity contribution is -0.140. The minimum absolute atomic E-state index is 0.0417. The lowest BCUT2D eigenvalue weighted by Crippen LogP contribution is -2.29. The van der Waals surface area contributed by atoms with Crippen LogP contribution in [0.4, 0.5) is 0 Å². The van der Waals surface area contributed by atoms with Gasteiger partial charge in [0.05, 0.1) is 24.4 Å². The number of carbonyl (C=O) groups excluding carboxylic acids is 2. The average Bonchev–Trinajstić information content (AvgIpc) is 3.52. The number of hydrogen-bond acceptors (Lipinski definition) is 5. The highest BCUT2D eigenvalue weighted by molar-refractivity contribution is 6.46. The maximum absolute atomic E-state index is 13.3. The highest BCUT2D eigenvalue weighted by Crippen LogP contribution is 2.41. The number of ether oxygens (including phenoxy) is 1. The molecule has 1 aliphatic rings. The molecule has 186 valence electrons. The molecule has 0 radical (unpaired) electrons. The molecule has 4 aromatic rings. The van der Waals surface area contributed by atoms with Crippen LogP contribution < -0.4 is 4.74 Å². The number of aliphatic hydroxyl groups excluding tert-OH is 1. The van der Waals surface area contributed by atoms with Crippen molar-refractivity contribution in [1.82, 2.24) is 4.90 Å². The van der Waals surface area contributed by atoms with Gasteiger partial charge in [-0.1, -0.05) is 54.6 Å². The minimum Gasteiger partial charge on any atom is -0.507 e. The van der Waals surface area contributed by atoms with E-state index in [1.165, 1.54) is 11.2 Å². The lowest BCUT2D eigenvalue weighted by Gasteiger charge is -2.25. The van der Waals surface area contributed by atoms with Crippen molar-refractivity contribution in [2.45, 2.75) is 33.0 Å². The Hall–Kier alpha value is -4.58. The molecule has 6 nitrogen and oxygen atoms in total. The van der Waals surface area contributed by atoms with Gasteiger partial charge in [-0.2, -0.15) is 0 Å². The molecule has 0 saturated carbocycles. The zero-order valence-electron chi connectivity index (χ0n) is 20.7. The van der Waals surface area contributed by atoms with E-state index in [1.54, 1.807) is 18.2 Å². The number of furan rings is 1. The van der Waals surface area contributed by atoms with Crippen LogP contribution in [0.25, 0.3) is 5.76 Å². The molecule has 3 aromatic carbocycles. The van der Waals surface area contributed by atoms with Gasteiger partial charge in [0.2, 0.25) is 0 Å². The van der Waals surface area contributed by atoms with Crippen LogP contribution in [0, 0.1) is 13.8 Å². The summed E-state index contributed by atoms with van der Waals surface area (Å²) in [6.45, 7) is 4.37. The highest BCUT2D eigenvalue weighted by Gasteiger charge is 2.46. The number of aliphatic hydroxyl groups is 1. The smallest absolute Gasteiger partial charge is 0.296 e. The van der Waals surface area contributed by atoms with Gasteiger partial charge in [0.25, 0.3) is 11.7 Å². The van der Waals surface area contributed by atoms with Crippen LogP contribution in [0.5, 0.6) is 5.75 Å². The van der Waals surface area contributed by atoms with Crippen molar-refractivity contribution in [2.24, 2.45) is 0 Å². The Labute approximate surface area is 215 Å².